The number of nitrogens with one attached hydrogen (secondary N) is 2. The molecular weight excluding hydrogens is 394 g/mol. The molecule has 1 unspecified atom stereocenters. The van der Waals surface area contributed by atoms with E-state index in [0.29, 0.717) is 0 Å². The first-order valence-electron chi connectivity index (χ1n) is 10.2. The summed E-state index contributed by atoms with van der Waals surface area (Å²) in [5.41, 5.74) is 5.75. The number of rotatable bonds is 8. The van der Waals surface area contributed by atoms with Gasteiger partial charge in [0.2, 0.25) is 5.78 Å². The molecule has 0 radical (unpaired) electrons. The van der Waals surface area contributed by atoms with Crippen LogP contribution < -0.4 is 10.2 Å². The molecule has 1 aromatic carbocycles. The van der Waals surface area contributed by atoms with Gasteiger partial charge in [-0.3, -0.25) is 9.59 Å². The number of likely N-dealkylation sites (N-methyl/N-ethyl adjacent to an activating group) is 1. The van der Waals surface area contributed by atoms with Crippen LogP contribution in [-0.2, 0) is 11.3 Å². The smallest absolute Gasteiger partial charge is 0.279 e. The number of aryl methyl sites for hydroxylation is 3. The summed E-state index contributed by atoms with van der Waals surface area (Å²) in [5, 5.41) is 5.06. The average molecular weight is 425 g/mol. The SMILES string of the molecule is Cc1cccc(C)c1NC(=O)C[NH+](C)CC(=O)c1cc(C)n(Cc2cccs2)c1C. The first-order chi connectivity index (χ1) is 14.3. The summed E-state index contributed by atoms with van der Waals surface area (Å²) in [6, 6.07) is 12.1. The van der Waals surface area contributed by atoms with E-state index in [9.17, 15) is 9.59 Å². The van der Waals surface area contributed by atoms with Crippen molar-refractivity contribution in [3.05, 3.63) is 74.7 Å². The van der Waals surface area contributed by atoms with Gasteiger partial charge in [0, 0.05) is 27.5 Å². The van der Waals surface area contributed by atoms with E-state index in [0.717, 1.165) is 45.2 Å². The number of para-hydroxylation sites is 1. The van der Waals surface area contributed by atoms with Crippen LogP contribution in [-0.4, -0.2) is 36.4 Å². The lowest BCUT2D eigenvalue weighted by Gasteiger charge is -2.15. The van der Waals surface area contributed by atoms with Crippen molar-refractivity contribution in [1.82, 2.24) is 4.57 Å². The molecule has 3 rings (SSSR count). The Kier molecular flexibility index (Phi) is 6.90. The predicted octanol–water partition coefficient (Wildman–Crippen LogP) is 3.17. The molecule has 2 aromatic heterocycles. The summed E-state index contributed by atoms with van der Waals surface area (Å²) in [7, 11) is 1.88. The summed E-state index contributed by atoms with van der Waals surface area (Å²) in [6.07, 6.45) is 0. The zero-order valence-corrected chi connectivity index (χ0v) is 19.2. The van der Waals surface area contributed by atoms with E-state index in [4.69, 9.17) is 0 Å². The number of hydrogen-bond acceptors (Lipinski definition) is 3. The van der Waals surface area contributed by atoms with Crippen molar-refractivity contribution in [1.29, 1.82) is 0 Å². The van der Waals surface area contributed by atoms with Crippen LogP contribution in [0.5, 0.6) is 0 Å². The van der Waals surface area contributed by atoms with Gasteiger partial charge in [-0.1, -0.05) is 24.3 Å². The van der Waals surface area contributed by atoms with Crippen LogP contribution in [0.3, 0.4) is 0 Å². The molecule has 3 aromatic rings. The summed E-state index contributed by atoms with van der Waals surface area (Å²) in [5.74, 6) is -0.0150. The molecule has 0 aliphatic rings. The van der Waals surface area contributed by atoms with Crippen molar-refractivity contribution in [2.45, 2.75) is 34.2 Å². The number of aromatic nitrogens is 1. The zero-order chi connectivity index (χ0) is 21.8. The van der Waals surface area contributed by atoms with Crippen LogP contribution >= 0.6 is 11.3 Å². The highest BCUT2D eigenvalue weighted by Gasteiger charge is 2.21. The molecule has 30 heavy (non-hydrogen) atoms. The minimum absolute atomic E-state index is 0.0675. The molecule has 2 N–H and O–H groups in total. The Labute approximate surface area is 182 Å². The Morgan fingerprint density at radius 3 is 2.37 bits per heavy atom. The molecule has 0 bridgehead atoms. The van der Waals surface area contributed by atoms with E-state index in [1.54, 1.807) is 11.3 Å². The van der Waals surface area contributed by atoms with Crippen molar-refractivity contribution in [3.8, 4) is 0 Å². The van der Waals surface area contributed by atoms with E-state index in [1.807, 2.05) is 65.1 Å². The number of amides is 1. The number of Topliss-reactive ketones (excluding diaryl/α,β-unsaturated/α-hetero) is 1. The van der Waals surface area contributed by atoms with Gasteiger partial charge < -0.3 is 14.8 Å². The van der Waals surface area contributed by atoms with E-state index in [2.05, 4.69) is 21.3 Å². The highest BCUT2D eigenvalue weighted by atomic mass is 32.1. The molecule has 6 heteroatoms. The molecule has 0 saturated carbocycles. The molecule has 0 aliphatic heterocycles. The summed E-state index contributed by atoms with van der Waals surface area (Å²) in [6.45, 7) is 9.30. The van der Waals surface area contributed by atoms with Gasteiger partial charge in [-0.05, 0) is 56.3 Å². The third-order valence-corrected chi connectivity index (χ3v) is 6.30. The molecule has 0 spiro atoms. The highest BCUT2D eigenvalue weighted by Crippen LogP contribution is 2.20. The second kappa shape index (κ2) is 9.41. The largest absolute Gasteiger partial charge is 0.343 e. The Morgan fingerprint density at radius 2 is 1.73 bits per heavy atom. The molecule has 2 heterocycles. The minimum Gasteiger partial charge on any atom is -0.343 e. The number of benzene rings is 1. The lowest BCUT2D eigenvalue weighted by atomic mass is 10.1. The van der Waals surface area contributed by atoms with Crippen LogP contribution in [0.15, 0.2) is 41.8 Å². The van der Waals surface area contributed by atoms with Gasteiger partial charge in [-0.15, -0.1) is 11.3 Å². The Balaban J connectivity index is 1.62. The second-order valence-electron chi connectivity index (χ2n) is 8.00. The van der Waals surface area contributed by atoms with Gasteiger partial charge in [0.15, 0.2) is 6.54 Å². The minimum atomic E-state index is -0.0825. The van der Waals surface area contributed by atoms with Crippen LogP contribution in [0.1, 0.15) is 37.7 Å². The van der Waals surface area contributed by atoms with E-state index < -0.39 is 0 Å². The fraction of sp³-hybridized carbons (Fsp3) is 0.333. The number of thiophene rings is 1. The van der Waals surface area contributed by atoms with Crippen molar-refractivity contribution >= 4 is 28.7 Å². The van der Waals surface area contributed by atoms with Crippen molar-refractivity contribution in [2.75, 3.05) is 25.5 Å². The Morgan fingerprint density at radius 1 is 1.03 bits per heavy atom. The topological polar surface area (TPSA) is 55.5 Å². The highest BCUT2D eigenvalue weighted by molar-refractivity contribution is 7.09. The first-order valence-corrected chi connectivity index (χ1v) is 11.0. The van der Waals surface area contributed by atoms with Crippen LogP contribution in [0.25, 0.3) is 0 Å². The quantitative estimate of drug-likeness (QED) is 0.546. The van der Waals surface area contributed by atoms with Crippen LogP contribution in [0.4, 0.5) is 5.69 Å². The maximum absolute atomic E-state index is 12.9. The maximum atomic E-state index is 12.9. The van der Waals surface area contributed by atoms with Crippen LogP contribution in [0, 0.1) is 27.7 Å². The van der Waals surface area contributed by atoms with E-state index in [-0.39, 0.29) is 24.8 Å². The third kappa shape index (κ3) is 5.07. The lowest BCUT2D eigenvalue weighted by Crippen LogP contribution is -3.11. The van der Waals surface area contributed by atoms with Gasteiger partial charge in [0.25, 0.3) is 5.91 Å². The number of carbonyl (C=O) groups is 2. The number of carbonyl (C=O) groups excluding carboxylic acids is 2. The van der Waals surface area contributed by atoms with Gasteiger partial charge in [-0.25, -0.2) is 0 Å². The zero-order valence-electron chi connectivity index (χ0n) is 18.3. The molecule has 0 saturated heterocycles. The first kappa shape index (κ1) is 22.0. The monoisotopic (exact) mass is 424 g/mol. The maximum Gasteiger partial charge on any atom is 0.279 e. The van der Waals surface area contributed by atoms with Crippen molar-refractivity contribution in [2.24, 2.45) is 0 Å². The average Bonchev–Trinajstić information content (AvgIpc) is 3.28. The molecule has 1 amide bonds. The lowest BCUT2D eigenvalue weighted by molar-refractivity contribution is -0.861. The third-order valence-electron chi connectivity index (χ3n) is 5.44. The van der Waals surface area contributed by atoms with Gasteiger partial charge in [-0.2, -0.15) is 0 Å². The number of hydrogen-bond donors (Lipinski definition) is 2. The molecule has 1 atom stereocenters. The van der Waals surface area contributed by atoms with Gasteiger partial charge >= 0.3 is 0 Å². The molecule has 5 nitrogen and oxygen atoms in total. The summed E-state index contributed by atoms with van der Waals surface area (Å²) < 4.78 is 2.18. The van der Waals surface area contributed by atoms with Gasteiger partial charge in [0.05, 0.1) is 13.6 Å². The molecule has 0 aliphatic carbocycles. The van der Waals surface area contributed by atoms with Gasteiger partial charge in [0.1, 0.15) is 6.54 Å². The molecule has 158 valence electrons. The molecule has 0 fully saturated rings. The van der Waals surface area contributed by atoms with Crippen LogP contribution in [0.2, 0.25) is 0 Å². The van der Waals surface area contributed by atoms with Crippen molar-refractivity contribution < 1.29 is 14.5 Å². The number of ketones is 1. The standard InChI is InChI=1S/C24H29N3O2S/c1-16-8-6-9-17(2)24(16)25-23(29)15-26(5)14-22(28)21-12-18(3)27(19(21)4)13-20-10-7-11-30-20/h6-12H,13-15H2,1-5H3,(H,25,29)/p+1. The Hall–Kier alpha value is -2.70. The number of quaternary nitrogens is 1. The summed E-state index contributed by atoms with van der Waals surface area (Å²) in [4.78, 5) is 27.6. The van der Waals surface area contributed by atoms with E-state index >= 15 is 0 Å². The Bertz CT molecular complexity index is 1030. The second-order valence-corrected chi connectivity index (χ2v) is 9.03. The number of nitrogens with zero attached hydrogens (tertiary/aromatic N) is 1. The van der Waals surface area contributed by atoms with E-state index in [1.165, 1.54) is 4.88 Å². The summed E-state index contributed by atoms with van der Waals surface area (Å²) >= 11 is 1.72. The number of anilines is 1. The fourth-order valence-corrected chi connectivity index (χ4v) is 4.48. The normalized spacial score (nSPS) is 12.0. The predicted molar refractivity (Wildman–Crippen MR) is 123 cm³/mol. The molecular formula is C24H30N3O2S+. The van der Waals surface area contributed by atoms with Crippen molar-refractivity contribution in [3.63, 3.8) is 0 Å². The fourth-order valence-electron chi connectivity index (χ4n) is 3.79.